The second-order valence-electron chi connectivity index (χ2n) is 8.24. The SMILES string of the molecule is O=C1NN(c2ccccc2Nc2ccccc2)C(Cc2ccccc2)C2=C1CCCC2. The third kappa shape index (κ3) is 4.06. The Balaban J connectivity index is 1.55. The molecule has 3 aromatic rings. The number of amides is 1. The van der Waals surface area contributed by atoms with Gasteiger partial charge >= 0.3 is 0 Å². The second-order valence-corrected chi connectivity index (χ2v) is 8.24. The van der Waals surface area contributed by atoms with Crippen LogP contribution in [0.1, 0.15) is 31.2 Å². The Morgan fingerprint density at radius 2 is 1.52 bits per heavy atom. The molecule has 0 aromatic heterocycles. The van der Waals surface area contributed by atoms with Crippen molar-refractivity contribution < 1.29 is 4.79 Å². The van der Waals surface area contributed by atoms with Crippen molar-refractivity contribution in [2.75, 3.05) is 10.3 Å². The van der Waals surface area contributed by atoms with E-state index in [1.165, 1.54) is 11.1 Å². The lowest BCUT2D eigenvalue weighted by molar-refractivity contribution is -0.118. The summed E-state index contributed by atoms with van der Waals surface area (Å²) in [5.41, 5.74) is 9.79. The molecule has 1 heterocycles. The Hall–Kier alpha value is -3.53. The molecule has 0 saturated carbocycles. The number of nitrogens with one attached hydrogen (secondary N) is 2. The minimum absolute atomic E-state index is 0.0496. The lowest BCUT2D eigenvalue weighted by atomic mass is 9.83. The number of carbonyl (C=O) groups is 1. The Kier molecular flexibility index (Phi) is 5.44. The third-order valence-electron chi connectivity index (χ3n) is 6.21. The monoisotopic (exact) mass is 409 g/mol. The number of para-hydroxylation sites is 3. The van der Waals surface area contributed by atoms with E-state index < -0.39 is 0 Å². The van der Waals surface area contributed by atoms with Crippen molar-refractivity contribution >= 4 is 23.0 Å². The van der Waals surface area contributed by atoms with Crippen molar-refractivity contribution in [2.45, 2.75) is 38.1 Å². The molecule has 0 radical (unpaired) electrons. The summed E-state index contributed by atoms with van der Waals surface area (Å²) in [5, 5.41) is 5.62. The maximum Gasteiger partial charge on any atom is 0.265 e. The van der Waals surface area contributed by atoms with Gasteiger partial charge in [-0.2, -0.15) is 0 Å². The number of benzene rings is 3. The largest absolute Gasteiger partial charge is 0.354 e. The molecule has 1 aliphatic carbocycles. The minimum atomic E-state index is 0.0496. The minimum Gasteiger partial charge on any atom is -0.354 e. The zero-order chi connectivity index (χ0) is 21.0. The summed E-state index contributed by atoms with van der Waals surface area (Å²) in [5.74, 6) is 0.0496. The highest BCUT2D eigenvalue weighted by molar-refractivity contribution is 5.98. The molecule has 0 fully saturated rings. The predicted octanol–water partition coefficient (Wildman–Crippen LogP) is 5.76. The topological polar surface area (TPSA) is 44.4 Å². The van der Waals surface area contributed by atoms with E-state index in [4.69, 9.17) is 0 Å². The van der Waals surface area contributed by atoms with Crippen molar-refractivity contribution in [3.05, 3.63) is 102 Å². The normalized spacial score (nSPS) is 18.4. The lowest BCUT2D eigenvalue weighted by Gasteiger charge is -2.42. The number of hydrogen-bond acceptors (Lipinski definition) is 3. The van der Waals surface area contributed by atoms with Gasteiger partial charge in [-0.25, -0.2) is 0 Å². The van der Waals surface area contributed by atoms with Crippen LogP contribution in [0.3, 0.4) is 0 Å². The molecule has 156 valence electrons. The van der Waals surface area contributed by atoms with Crippen molar-refractivity contribution in [2.24, 2.45) is 0 Å². The molecule has 1 amide bonds. The average Bonchev–Trinajstić information content (AvgIpc) is 2.83. The first-order valence-corrected chi connectivity index (χ1v) is 11.1. The van der Waals surface area contributed by atoms with Crippen LogP contribution in [-0.4, -0.2) is 11.9 Å². The highest BCUT2D eigenvalue weighted by Crippen LogP contribution is 2.38. The van der Waals surface area contributed by atoms with Crippen LogP contribution in [0.4, 0.5) is 17.1 Å². The fourth-order valence-electron chi connectivity index (χ4n) is 4.71. The predicted molar refractivity (Wildman–Crippen MR) is 126 cm³/mol. The summed E-state index contributed by atoms with van der Waals surface area (Å²) in [4.78, 5) is 13.0. The number of rotatable bonds is 5. The maximum absolute atomic E-state index is 13.0. The maximum atomic E-state index is 13.0. The highest BCUT2D eigenvalue weighted by atomic mass is 16.2. The first-order valence-electron chi connectivity index (χ1n) is 11.1. The van der Waals surface area contributed by atoms with E-state index in [1.807, 2.05) is 36.4 Å². The number of hydrogen-bond donors (Lipinski definition) is 2. The summed E-state index contributed by atoms with van der Waals surface area (Å²) in [6.45, 7) is 0. The van der Waals surface area contributed by atoms with Crippen LogP contribution in [0, 0.1) is 0 Å². The van der Waals surface area contributed by atoms with Gasteiger partial charge in [-0.05, 0) is 67.5 Å². The zero-order valence-corrected chi connectivity index (χ0v) is 17.6. The van der Waals surface area contributed by atoms with E-state index in [1.54, 1.807) is 0 Å². The van der Waals surface area contributed by atoms with Gasteiger partial charge in [0.25, 0.3) is 5.91 Å². The molecule has 0 saturated heterocycles. The average molecular weight is 410 g/mol. The standard InChI is InChI=1S/C27H27N3O/c31-27-23-16-8-7-15-22(23)26(19-20-11-3-1-4-12-20)30(29-27)25-18-10-9-17-24(25)28-21-13-5-2-6-14-21/h1-6,9-14,17-18,26,28H,7-8,15-16,19H2,(H,29,31). The molecular weight excluding hydrogens is 382 g/mol. The molecular formula is C27H27N3O. The van der Waals surface area contributed by atoms with Crippen LogP contribution in [-0.2, 0) is 11.2 Å². The lowest BCUT2D eigenvalue weighted by Crippen LogP contribution is -2.56. The van der Waals surface area contributed by atoms with Crippen molar-refractivity contribution in [1.29, 1.82) is 0 Å². The molecule has 3 aromatic carbocycles. The molecule has 1 unspecified atom stereocenters. The third-order valence-corrected chi connectivity index (χ3v) is 6.21. The molecule has 1 aliphatic heterocycles. The molecule has 31 heavy (non-hydrogen) atoms. The van der Waals surface area contributed by atoms with Gasteiger partial charge < -0.3 is 5.32 Å². The Labute approximate surface area is 183 Å². The van der Waals surface area contributed by atoms with Crippen molar-refractivity contribution in [1.82, 2.24) is 5.43 Å². The van der Waals surface area contributed by atoms with Crippen LogP contribution < -0.4 is 15.8 Å². The number of anilines is 3. The molecule has 4 heteroatoms. The molecule has 4 nitrogen and oxygen atoms in total. The zero-order valence-electron chi connectivity index (χ0n) is 17.6. The van der Waals surface area contributed by atoms with Crippen LogP contribution in [0.25, 0.3) is 0 Å². The van der Waals surface area contributed by atoms with Gasteiger partial charge in [0.2, 0.25) is 0 Å². The van der Waals surface area contributed by atoms with Crippen LogP contribution in [0.15, 0.2) is 96.1 Å². The molecule has 1 atom stereocenters. The van der Waals surface area contributed by atoms with E-state index in [0.29, 0.717) is 0 Å². The quantitative estimate of drug-likeness (QED) is 0.563. The molecule has 2 aliphatic rings. The fraction of sp³-hybridized carbons (Fsp3) is 0.222. The highest BCUT2D eigenvalue weighted by Gasteiger charge is 2.36. The smallest absolute Gasteiger partial charge is 0.265 e. The number of nitrogens with zero attached hydrogens (tertiary/aromatic N) is 1. The summed E-state index contributed by atoms with van der Waals surface area (Å²) < 4.78 is 0. The fourth-order valence-corrected chi connectivity index (χ4v) is 4.71. The number of carbonyl (C=O) groups excluding carboxylic acids is 1. The van der Waals surface area contributed by atoms with Gasteiger partial charge in [0.1, 0.15) is 0 Å². The Bertz CT molecular complexity index is 1090. The van der Waals surface area contributed by atoms with E-state index >= 15 is 0 Å². The molecule has 0 bridgehead atoms. The molecule has 2 N–H and O–H groups in total. The molecule has 0 spiro atoms. The Morgan fingerprint density at radius 1 is 0.839 bits per heavy atom. The van der Waals surface area contributed by atoms with Crippen LogP contribution in [0.2, 0.25) is 0 Å². The van der Waals surface area contributed by atoms with Crippen LogP contribution in [0.5, 0.6) is 0 Å². The van der Waals surface area contributed by atoms with E-state index in [9.17, 15) is 4.79 Å². The van der Waals surface area contributed by atoms with E-state index in [-0.39, 0.29) is 11.9 Å². The summed E-state index contributed by atoms with van der Waals surface area (Å²) >= 11 is 0. The first-order chi connectivity index (χ1) is 15.3. The van der Waals surface area contributed by atoms with Crippen LogP contribution >= 0.6 is 0 Å². The number of hydrazine groups is 1. The van der Waals surface area contributed by atoms with Gasteiger partial charge in [0, 0.05) is 11.3 Å². The van der Waals surface area contributed by atoms with Gasteiger partial charge in [0.15, 0.2) is 0 Å². The summed E-state index contributed by atoms with van der Waals surface area (Å²) in [6.07, 6.45) is 4.97. The van der Waals surface area contributed by atoms with Gasteiger partial charge in [-0.1, -0.05) is 60.7 Å². The first kappa shape index (κ1) is 19.4. The van der Waals surface area contributed by atoms with Crippen molar-refractivity contribution in [3.8, 4) is 0 Å². The van der Waals surface area contributed by atoms with Gasteiger partial charge in [-0.15, -0.1) is 0 Å². The Morgan fingerprint density at radius 3 is 2.32 bits per heavy atom. The van der Waals surface area contributed by atoms with Gasteiger partial charge in [0.05, 0.1) is 17.4 Å². The van der Waals surface area contributed by atoms with E-state index in [0.717, 1.165) is 54.7 Å². The second kappa shape index (κ2) is 8.68. The van der Waals surface area contributed by atoms with Gasteiger partial charge in [-0.3, -0.25) is 15.2 Å². The van der Waals surface area contributed by atoms with Crippen molar-refractivity contribution in [3.63, 3.8) is 0 Å². The molecule has 5 rings (SSSR count). The summed E-state index contributed by atoms with van der Waals surface area (Å²) in [7, 11) is 0. The van der Waals surface area contributed by atoms with E-state index in [2.05, 4.69) is 64.3 Å². The summed E-state index contributed by atoms with van der Waals surface area (Å²) in [6, 6.07) is 29.0.